The van der Waals surface area contributed by atoms with E-state index in [1.54, 1.807) is 36.0 Å². The van der Waals surface area contributed by atoms with Gasteiger partial charge in [0, 0.05) is 22.1 Å². The molecule has 292 valence electrons. The number of hydrogen-bond acceptors (Lipinski definition) is 9. The summed E-state index contributed by atoms with van der Waals surface area (Å²) in [6.45, 7) is 2.15. The van der Waals surface area contributed by atoms with Crippen molar-refractivity contribution in [2.45, 2.75) is 62.5 Å². The zero-order valence-electron chi connectivity index (χ0n) is 31.2. The lowest BCUT2D eigenvalue weighted by Crippen LogP contribution is -2.41. The number of thioether (sulfide) groups is 1. The molecule has 11 nitrogen and oxygen atoms in total. The van der Waals surface area contributed by atoms with Gasteiger partial charge in [0.2, 0.25) is 5.91 Å². The highest BCUT2D eigenvalue weighted by Gasteiger charge is 2.40. The topological polar surface area (TPSA) is 152 Å². The number of nitrogens with zero attached hydrogens (tertiary/aromatic N) is 1. The Bertz CT molecular complexity index is 2200. The Balaban J connectivity index is 1.02. The van der Waals surface area contributed by atoms with Gasteiger partial charge in [0.15, 0.2) is 6.29 Å². The Morgan fingerprint density at radius 2 is 1.51 bits per heavy atom. The van der Waals surface area contributed by atoms with Crippen LogP contribution in [0.5, 0.6) is 0 Å². The fraction of sp³-hybridized carbons (Fsp3) is 0.244. The van der Waals surface area contributed by atoms with Gasteiger partial charge in [-0.1, -0.05) is 104 Å². The summed E-state index contributed by atoms with van der Waals surface area (Å²) >= 11 is 1.59. The van der Waals surface area contributed by atoms with Crippen LogP contribution in [-0.4, -0.2) is 56.9 Å². The van der Waals surface area contributed by atoms with Crippen LogP contribution >= 0.6 is 11.8 Å². The number of carbonyl (C=O) groups is 4. The summed E-state index contributed by atoms with van der Waals surface area (Å²) in [5.41, 5.74) is 6.21. The number of hydrogen-bond donors (Lipinski definition) is 3. The first-order chi connectivity index (χ1) is 27.6. The molecule has 2 saturated heterocycles. The number of imide groups is 1. The van der Waals surface area contributed by atoms with E-state index in [1.807, 2.05) is 103 Å². The maximum absolute atomic E-state index is 13.2. The zero-order chi connectivity index (χ0) is 39.9. The number of aliphatic hydroxyl groups excluding tert-OH is 1. The van der Waals surface area contributed by atoms with Crippen LogP contribution in [0.15, 0.2) is 132 Å². The number of rotatable bonds is 13. The van der Waals surface area contributed by atoms with E-state index >= 15 is 0 Å². The van der Waals surface area contributed by atoms with Crippen molar-refractivity contribution in [3.63, 3.8) is 0 Å². The third-order valence-corrected chi connectivity index (χ3v) is 11.3. The molecule has 3 N–H and O–H groups in total. The van der Waals surface area contributed by atoms with E-state index in [4.69, 9.17) is 14.2 Å². The molecule has 0 aliphatic carbocycles. The van der Waals surface area contributed by atoms with Crippen LogP contribution in [0.25, 0.3) is 11.1 Å². The van der Waals surface area contributed by atoms with Crippen LogP contribution in [0.2, 0.25) is 0 Å². The van der Waals surface area contributed by atoms with Gasteiger partial charge in [-0.25, -0.2) is 9.59 Å². The maximum Gasteiger partial charge on any atom is 0.408 e. The summed E-state index contributed by atoms with van der Waals surface area (Å²) in [4.78, 5) is 51.9. The monoisotopic (exact) mass is 786 g/mol. The van der Waals surface area contributed by atoms with Crippen LogP contribution in [0, 0.1) is 5.92 Å². The predicted octanol–water partition coefficient (Wildman–Crippen LogP) is 7.68. The molecule has 12 heteroatoms. The number of carbonyl (C=O) groups excluding carboxylic acids is 3. The van der Waals surface area contributed by atoms with Gasteiger partial charge in [-0.05, 0) is 63.7 Å². The van der Waals surface area contributed by atoms with Crippen LogP contribution in [0.3, 0.4) is 0 Å². The molecule has 0 aromatic heterocycles. The molecule has 0 bridgehead atoms. The Morgan fingerprint density at radius 1 is 0.807 bits per heavy atom. The number of carboxylic acid groups (broad SMARTS) is 1. The van der Waals surface area contributed by atoms with Crippen molar-refractivity contribution in [2.75, 3.05) is 5.75 Å². The first-order valence-electron chi connectivity index (χ1n) is 18.6. The number of ether oxygens (including phenoxy) is 3. The lowest BCUT2D eigenvalue weighted by atomic mass is 9.91. The molecule has 2 heterocycles. The van der Waals surface area contributed by atoms with Gasteiger partial charge in [0.05, 0.1) is 37.3 Å². The predicted molar refractivity (Wildman–Crippen MR) is 213 cm³/mol. The molecule has 0 spiro atoms. The second kappa shape index (κ2) is 18.0. The van der Waals surface area contributed by atoms with E-state index in [2.05, 4.69) is 12.2 Å². The van der Waals surface area contributed by atoms with Crippen molar-refractivity contribution in [1.82, 2.24) is 10.2 Å². The van der Waals surface area contributed by atoms with Gasteiger partial charge in [0.25, 0.3) is 5.91 Å². The number of amides is 3. The largest absolute Gasteiger partial charge is 0.478 e. The van der Waals surface area contributed by atoms with Crippen molar-refractivity contribution in [3.8, 4) is 11.1 Å². The van der Waals surface area contributed by atoms with Crippen molar-refractivity contribution in [1.29, 1.82) is 0 Å². The molecule has 2 aliphatic heterocycles. The number of carboxylic acids is 1. The maximum atomic E-state index is 13.2. The van der Waals surface area contributed by atoms with Gasteiger partial charge in [-0.2, -0.15) is 0 Å². The number of nitrogens with one attached hydrogen (secondary N) is 1. The molecule has 2 fully saturated rings. The second-order valence-electron chi connectivity index (χ2n) is 14.1. The molecular weight excluding hydrogens is 745 g/mol. The van der Waals surface area contributed by atoms with Crippen molar-refractivity contribution in [3.05, 3.63) is 161 Å². The Kier molecular flexibility index (Phi) is 12.4. The zero-order valence-corrected chi connectivity index (χ0v) is 32.0. The Hall–Kier alpha value is -5.79. The van der Waals surface area contributed by atoms with Gasteiger partial charge in [-0.3, -0.25) is 14.5 Å². The normalized spacial score (nSPS) is 20.7. The molecule has 3 amide bonds. The van der Waals surface area contributed by atoms with Crippen molar-refractivity contribution < 1.29 is 43.6 Å². The summed E-state index contributed by atoms with van der Waals surface area (Å²) in [5.74, 6) is -1.24. The van der Waals surface area contributed by atoms with Crippen LogP contribution in [0.4, 0.5) is 4.79 Å². The summed E-state index contributed by atoms with van der Waals surface area (Å²) in [6.07, 6.45) is -2.08. The summed E-state index contributed by atoms with van der Waals surface area (Å²) < 4.78 is 18.5. The number of likely N-dealkylation sites (tertiary alicyclic amines) is 1. The minimum Gasteiger partial charge on any atom is -0.478 e. The lowest BCUT2D eigenvalue weighted by Gasteiger charge is -2.41. The average molecular weight is 787 g/mol. The number of aromatic carboxylic acids is 1. The van der Waals surface area contributed by atoms with E-state index < -0.39 is 30.3 Å². The third-order valence-electron chi connectivity index (χ3n) is 10.2. The fourth-order valence-electron chi connectivity index (χ4n) is 6.92. The SMILES string of the molecule is C[C@@H]1[C@H](CSc2ccc(C(=O)O)cc2)O[C@H](c2ccc(-c3cccc(CN4C(=O)CC(NC(=O)OCc5ccccc5)C4=O)c3)cc2)O[C@@H]1c1ccc(CO)cc1. The van der Waals surface area contributed by atoms with E-state index in [1.165, 1.54) is 0 Å². The van der Waals surface area contributed by atoms with E-state index in [-0.39, 0.29) is 55.8 Å². The van der Waals surface area contributed by atoms with Crippen LogP contribution in [-0.2, 0) is 43.6 Å². The molecule has 57 heavy (non-hydrogen) atoms. The third kappa shape index (κ3) is 9.61. The van der Waals surface area contributed by atoms with Crippen LogP contribution < -0.4 is 5.32 Å². The number of alkyl carbamates (subject to hydrolysis) is 1. The summed E-state index contributed by atoms with van der Waals surface area (Å²) in [6, 6.07) is 38.2. The van der Waals surface area contributed by atoms with Gasteiger partial charge >= 0.3 is 12.1 Å². The quantitative estimate of drug-likeness (QED) is 0.0801. The smallest absolute Gasteiger partial charge is 0.408 e. The molecule has 2 aliphatic rings. The molecular formula is C45H42N2O9S. The first-order valence-corrected chi connectivity index (χ1v) is 19.6. The van der Waals surface area contributed by atoms with Gasteiger partial charge in [0.1, 0.15) is 12.6 Å². The molecule has 5 atom stereocenters. The van der Waals surface area contributed by atoms with Crippen molar-refractivity contribution >= 4 is 35.6 Å². The van der Waals surface area contributed by atoms with E-state index in [0.29, 0.717) is 5.75 Å². The van der Waals surface area contributed by atoms with Gasteiger partial charge < -0.3 is 29.7 Å². The molecule has 7 rings (SSSR count). The van der Waals surface area contributed by atoms with Crippen LogP contribution in [0.1, 0.15) is 63.9 Å². The highest BCUT2D eigenvalue weighted by atomic mass is 32.2. The minimum atomic E-state index is -0.994. The highest BCUT2D eigenvalue weighted by Crippen LogP contribution is 2.43. The fourth-order valence-corrected chi connectivity index (χ4v) is 7.98. The Morgan fingerprint density at radius 3 is 2.21 bits per heavy atom. The van der Waals surface area contributed by atoms with Crippen molar-refractivity contribution in [2.24, 2.45) is 5.92 Å². The molecule has 0 saturated carbocycles. The second-order valence-corrected chi connectivity index (χ2v) is 15.2. The standard InChI is InChI=1S/C45H42N2O9S/c1-28-39(27-57-37-20-18-34(19-21-37)43(51)52)55-44(56-41(28)33-12-10-29(25-48)11-13-33)35-16-14-32(15-17-35)36-9-5-8-31(22-36)24-47-40(49)23-38(42(47)50)46-45(53)54-26-30-6-3-2-4-7-30/h2-22,28,38-39,41,44,48H,23-27H2,1H3,(H,46,53)(H,51,52)/t28-,38?,39+,41+,44+/m1/s1. The lowest BCUT2D eigenvalue weighted by molar-refractivity contribution is -0.268. The summed E-state index contributed by atoms with van der Waals surface area (Å²) in [7, 11) is 0. The molecule has 5 aromatic carbocycles. The minimum absolute atomic E-state index is 0.0251. The first kappa shape index (κ1) is 39.4. The number of benzene rings is 5. The highest BCUT2D eigenvalue weighted by molar-refractivity contribution is 7.99. The summed E-state index contributed by atoms with van der Waals surface area (Å²) in [5, 5.41) is 21.4. The molecule has 5 aromatic rings. The average Bonchev–Trinajstić information content (AvgIpc) is 3.50. The molecule has 1 unspecified atom stereocenters. The number of aliphatic hydroxyl groups is 1. The van der Waals surface area contributed by atoms with Gasteiger partial charge in [-0.15, -0.1) is 11.8 Å². The van der Waals surface area contributed by atoms with E-state index in [0.717, 1.165) is 48.7 Å². The Labute approximate surface area is 334 Å². The van der Waals surface area contributed by atoms with E-state index in [9.17, 15) is 29.4 Å². The molecule has 0 radical (unpaired) electrons.